The highest BCUT2D eigenvalue weighted by molar-refractivity contribution is 5.88. The zero-order valence-corrected chi connectivity index (χ0v) is 15.4. The van der Waals surface area contributed by atoms with Gasteiger partial charge >= 0.3 is 0 Å². The van der Waals surface area contributed by atoms with Gasteiger partial charge in [-0.25, -0.2) is 4.98 Å². The van der Waals surface area contributed by atoms with Gasteiger partial charge in [-0.15, -0.1) is 0 Å². The van der Waals surface area contributed by atoms with Gasteiger partial charge < -0.3 is 14.2 Å². The summed E-state index contributed by atoms with van der Waals surface area (Å²) in [6, 6.07) is 10.3. The van der Waals surface area contributed by atoms with Gasteiger partial charge in [0, 0.05) is 43.3 Å². The fourth-order valence-electron chi connectivity index (χ4n) is 4.29. The van der Waals surface area contributed by atoms with Crippen LogP contribution in [0.2, 0.25) is 0 Å². The molecule has 0 N–H and O–H groups in total. The van der Waals surface area contributed by atoms with E-state index in [-0.39, 0.29) is 5.91 Å². The van der Waals surface area contributed by atoms with Crippen molar-refractivity contribution in [2.45, 2.75) is 25.7 Å². The Labute approximate surface area is 158 Å². The van der Waals surface area contributed by atoms with E-state index < -0.39 is 0 Å². The molecular weight excluding hydrogens is 338 g/mol. The van der Waals surface area contributed by atoms with Gasteiger partial charge in [-0.3, -0.25) is 4.79 Å². The van der Waals surface area contributed by atoms with E-state index in [0.717, 1.165) is 61.4 Å². The molecule has 3 heterocycles. The monoisotopic (exact) mass is 361 g/mol. The fourth-order valence-corrected chi connectivity index (χ4v) is 4.29. The minimum Gasteiger partial charge on any atom is -0.464 e. The lowest BCUT2D eigenvalue weighted by atomic mass is 10.0. The Hall–Kier alpha value is -2.82. The highest BCUT2D eigenvalue weighted by Gasteiger charge is 2.23. The van der Waals surface area contributed by atoms with Crippen LogP contribution < -0.4 is 4.90 Å². The Balaban J connectivity index is 1.27. The summed E-state index contributed by atoms with van der Waals surface area (Å²) in [5, 5.41) is 1.11. The van der Waals surface area contributed by atoms with Gasteiger partial charge in [0.15, 0.2) is 0 Å². The van der Waals surface area contributed by atoms with Crippen LogP contribution in [0, 0.1) is 0 Å². The summed E-state index contributed by atoms with van der Waals surface area (Å²) in [6.45, 7) is 3.12. The van der Waals surface area contributed by atoms with Crippen molar-refractivity contribution in [2.24, 2.45) is 0 Å². The van der Waals surface area contributed by atoms with E-state index in [4.69, 9.17) is 4.42 Å². The number of amides is 1. The second kappa shape index (κ2) is 6.72. The van der Waals surface area contributed by atoms with Gasteiger partial charge in [-0.1, -0.05) is 6.07 Å². The summed E-state index contributed by atoms with van der Waals surface area (Å²) in [4.78, 5) is 21.4. The summed E-state index contributed by atoms with van der Waals surface area (Å²) < 4.78 is 5.75. The molecule has 0 atom stereocenters. The van der Waals surface area contributed by atoms with Gasteiger partial charge in [0.25, 0.3) is 0 Å². The molecule has 5 heteroatoms. The summed E-state index contributed by atoms with van der Waals surface area (Å²) in [6.07, 6.45) is 7.49. The number of fused-ring (bicyclic) bond motifs is 2. The van der Waals surface area contributed by atoms with Crippen molar-refractivity contribution in [1.82, 2.24) is 9.88 Å². The summed E-state index contributed by atoms with van der Waals surface area (Å²) in [7, 11) is 0. The largest absolute Gasteiger partial charge is 0.464 e. The van der Waals surface area contributed by atoms with Gasteiger partial charge in [0.05, 0.1) is 12.7 Å². The number of rotatable bonds is 3. The third-order valence-electron chi connectivity index (χ3n) is 5.82. The number of furan rings is 1. The van der Waals surface area contributed by atoms with Gasteiger partial charge in [-0.2, -0.15) is 0 Å². The highest BCUT2D eigenvalue weighted by atomic mass is 16.3. The predicted octanol–water partition coefficient (Wildman–Crippen LogP) is 3.21. The number of carbonyl (C=O) groups excluding carboxylic acids is 1. The minimum absolute atomic E-state index is 0.180. The molecule has 1 amide bonds. The third-order valence-corrected chi connectivity index (χ3v) is 5.82. The van der Waals surface area contributed by atoms with Crippen LogP contribution in [0.1, 0.15) is 23.1 Å². The van der Waals surface area contributed by atoms with E-state index in [9.17, 15) is 4.79 Å². The predicted molar refractivity (Wildman–Crippen MR) is 105 cm³/mol. The van der Waals surface area contributed by atoms with Gasteiger partial charge in [0.1, 0.15) is 11.4 Å². The number of carbonyl (C=O) groups is 1. The number of benzene rings is 1. The number of pyridine rings is 1. The Morgan fingerprint density at radius 2 is 1.89 bits per heavy atom. The quantitative estimate of drug-likeness (QED) is 0.719. The van der Waals surface area contributed by atoms with Crippen molar-refractivity contribution in [3.05, 3.63) is 59.5 Å². The number of nitrogens with zero attached hydrogens (tertiary/aromatic N) is 3. The molecule has 0 saturated carbocycles. The molecule has 5 nitrogen and oxygen atoms in total. The van der Waals surface area contributed by atoms with Crippen molar-refractivity contribution in [3.63, 3.8) is 0 Å². The van der Waals surface area contributed by atoms with E-state index in [2.05, 4.69) is 22.0 Å². The second-order valence-electron chi connectivity index (χ2n) is 7.46. The first-order chi connectivity index (χ1) is 13.3. The molecule has 1 aliphatic heterocycles. The molecule has 3 aromatic rings. The topological polar surface area (TPSA) is 49.6 Å². The van der Waals surface area contributed by atoms with E-state index in [1.54, 1.807) is 6.26 Å². The molecular formula is C22H23N3O2. The molecule has 1 saturated heterocycles. The van der Waals surface area contributed by atoms with E-state index >= 15 is 0 Å². The zero-order chi connectivity index (χ0) is 18.2. The lowest BCUT2D eigenvalue weighted by molar-refractivity contribution is -0.130. The van der Waals surface area contributed by atoms with E-state index in [1.807, 2.05) is 29.3 Å². The molecule has 0 radical (unpaired) electrons. The van der Waals surface area contributed by atoms with E-state index in [0.29, 0.717) is 6.42 Å². The van der Waals surface area contributed by atoms with E-state index in [1.165, 1.54) is 17.5 Å². The van der Waals surface area contributed by atoms with Crippen LogP contribution in [0.25, 0.3) is 11.0 Å². The molecule has 1 aromatic carbocycles. The normalized spacial score (nSPS) is 16.7. The van der Waals surface area contributed by atoms with Crippen LogP contribution >= 0.6 is 0 Å². The average Bonchev–Trinajstić information content (AvgIpc) is 3.33. The number of aryl methyl sites for hydroxylation is 2. The fraction of sp³-hybridized carbons (Fsp3) is 0.364. The number of anilines is 1. The van der Waals surface area contributed by atoms with Gasteiger partial charge in [-0.05, 0) is 54.7 Å². The molecule has 138 valence electrons. The molecule has 1 fully saturated rings. The van der Waals surface area contributed by atoms with Crippen LogP contribution in [0.15, 0.2) is 47.2 Å². The van der Waals surface area contributed by atoms with Crippen molar-refractivity contribution in [2.75, 3.05) is 31.1 Å². The first-order valence-electron chi connectivity index (χ1n) is 9.73. The van der Waals surface area contributed by atoms with Crippen LogP contribution in [0.4, 0.5) is 5.82 Å². The number of hydrogen-bond acceptors (Lipinski definition) is 4. The molecule has 5 rings (SSSR count). The van der Waals surface area contributed by atoms with Crippen molar-refractivity contribution >= 4 is 22.7 Å². The molecule has 2 aliphatic rings. The standard InChI is InChI=1S/C22H23N3O2/c26-22(25-10-8-24(9-11-25)21-6-1-2-7-23-21)14-18-15-27-20-13-17-5-3-4-16(17)12-19(18)20/h1-2,6-7,12-13,15H,3-5,8-11,14H2. The van der Waals surface area contributed by atoms with Crippen molar-refractivity contribution in [3.8, 4) is 0 Å². The molecule has 0 spiro atoms. The zero-order valence-electron chi connectivity index (χ0n) is 15.4. The molecule has 1 aliphatic carbocycles. The summed E-state index contributed by atoms with van der Waals surface area (Å²) >= 11 is 0. The third kappa shape index (κ3) is 3.07. The number of piperazine rings is 1. The van der Waals surface area contributed by atoms with Crippen LogP contribution in [0.3, 0.4) is 0 Å². The lowest BCUT2D eigenvalue weighted by Crippen LogP contribution is -2.49. The van der Waals surface area contributed by atoms with Crippen LogP contribution in [-0.4, -0.2) is 42.0 Å². The van der Waals surface area contributed by atoms with Crippen molar-refractivity contribution in [1.29, 1.82) is 0 Å². The van der Waals surface area contributed by atoms with Crippen LogP contribution in [-0.2, 0) is 24.1 Å². The number of aromatic nitrogens is 1. The molecule has 0 bridgehead atoms. The second-order valence-corrected chi connectivity index (χ2v) is 7.46. The maximum Gasteiger partial charge on any atom is 0.227 e. The molecule has 0 unspecified atom stereocenters. The van der Waals surface area contributed by atoms with Gasteiger partial charge in [0.2, 0.25) is 5.91 Å². The Bertz CT molecular complexity index is 972. The molecule has 2 aromatic heterocycles. The number of hydrogen-bond donors (Lipinski definition) is 0. The summed E-state index contributed by atoms with van der Waals surface area (Å²) in [5.41, 5.74) is 4.75. The first-order valence-corrected chi connectivity index (χ1v) is 9.73. The Kier molecular flexibility index (Phi) is 4.07. The SMILES string of the molecule is O=C(Cc1coc2cc3c(cc12)CCC3)N1CCN(c2ccccn2)CC1. The average molecular weight is 361 g/mol. The Morgan fingerprint density at radius 3 is 2.67 bits per heavy atom. The smallest absolute Gasteiger partial charge is 0.227 e. The minimum atomic E-state index is 0.180. The maximum atomic E-state index is 12.8. The Morgan fingerprint density at radius 1 is 1.07 bits per heavy atom. The first kappa shape index (κ1) is 16.4. The van der Waals surface area contributed by atoms with Crippen molar-refractivity contribution < 1.29 is 9.21 Å². The highest BCUT2D eigenvalue weighted by Crippen LogP contribution is 2.30. The maximum absolute atomic E-state index is 12.8. The van der Waals surface area contributed by atoms with Crippen LogP contribution in [0.5, 0.6) is 0 Å². The summed E-state index contributed by atoms with van der Waals surface area (Å²) in [5.74, 6) is 1.16. The lowest BCUT2D eigenvalue weighted by Gasteiger charge is -2.35. The molecule has 27 heavy (non-hydrogen) atoms.